The van der Waals surface area contributed by atoms with Gasteiger partial charge in [-0.2, -0.15) is 9.78 Å². The SMILES string of the molecule is COc1ccc(C=Nn2c(N)nc3ccccc32)cc1. The second-order valence-electron chi connectivity index (χ2n) is 4.29. The maximum atomic E-state index is 5.88. The predicted octanol–water partition coefficient (Wildman–Crippen LogP) is 2.51. The lowest BCUT2D eigenvalue weighted by molar-refractivity contribution is 0.415. The van der Waals surface area contributed by atoms with Crippen molar-refractivity contribution >= 4 is 23.2 Å². The predicted molar refractivity (Wildman–Crippen MR) is 80.1 cm³/mol. The summed E-state index contributed by atoms with van der Waals surface area (Å²) in [4.78, 5) is 4.26. The quantitative estimate of drug-likeness (QED) is 0.741. The lowest BCUT2D eigenvalue weighted by atomic mass is 10.2. The molecule has 0 unspecified atom stereocenters. The summed E-state index contributed by atoms with van der Waals surface area (Å²) in [6.45, 7) is 0. The van der Waals surface area contributed by atoms with Crippen molar-refractivity contribution in [3.8, 4) is 5.75 Å². The van der Waals surface area contributed by atoms with E-state index in [1.165, 1.54) is 0 Å². The van der Waals surface area contributed by atoms with Gasteiger partial charge in [0.25, 0.3) is 0 Å². The Bertz CT molecular complexity index is 759. The van der Waals surface area contributed by atoms with Crippen LogP contribution in [0.4, 0.5) is 5.95 Å². The summed E-state index contributed by atoms with van der Waals surface area (Å²) < 4.78 is 6.74. The van der Waals surface area contributed by atoms with Crippen molar-refractivity contribution < 1.29 is 4.74 Å². The first-order valence-electron chi connectivity index (χ1n) is 6.19. The van der Waals surface area contributed by atoms with Crippen LogP contribution in [0.2, 0.25) is 0 Å². The zero-order valence-electron chi connectivity index (χ0n) is 11.0. The van der Waals surface area contributed by atoms with Crippen molar-refractivity contribution in [3.63, 3.8) is 0 Å². The van der Waals surface area contributed by atoms with Gasteiger partial charge in [0, 0.05) is 0 Å². The Balaban J connectivity index is 1.95. The number of fused-ring (bicyclic) bond motifs is 1. The van der Waals surface area contributed by atoms with Crippen LogP contribution >= 0.6 is 0 Å². The van der Waals surface area contributed by atoms with Gasteiger partial charge in [-0.05, 0) is 42.0 Å². The number of methoxy groups -OCH3 is 1. The van der Waals surface area contributed by atoms with E-state index in [4.69, 9.17) is 10.5 Å². The molecule has 0 aliphatic carbocycles. The van der Waals surface area contributed by atoms with Gasteiger partial charge in [0.1, 0.15) is 5.75 Å². The van der Waals surface area contributed by atoms with Crippen LogP contribution in [-0.4, -0.2) is 23.0 Å². The molecule has 0 saturated carbocycles. The second kappa shape index (κ2) is 5.05. The molecule has 0 amide bonds. The van der Waals surface area contributed by atoms with Crippen LogP contribution in [0, 0.1) is 0 Å². The molecule has 2 aromatic carbocycles. The summed E-state index contributed by atoms with van der Waals surface area (Å²) in [6, 6.07) is 15.3. The largest absolute Gasteiger partial charge is 0.497 e. The van der Waals surface area contributed by atoms with Gasteiger partial charge in [-0.3, -0.25) is 0 Å². The van der Waals surface area contributed by atoms with Crippen molar-refractivity contribution in [2.75, 3.05) is 12.8 Å². The molecule has 0 saturated heterocycles. The van der Waals surface area contributed by atoms with Gasteiger partial charge < -0.3 is 10.5 Å². The Kier molecular flexibility index (Phi) is 3.09. The minimum atomic E-state index is 0.371. The Morgan fingerprint density at radius 2 is 1.90 bits per heavy atom. The van der Waals surface area contributed by atoms with E-state index in [1.54, 1.807) is 18.0 Å². The number of hydrogen-bond donors (Lipinski definition) is 1. The molecule has 0 spiro atoms. The van der Waals surface area contributed by atoms with E-state index >= 15 is 0 Å². The Hall–Kier alpha value is -2.82. The molecule has 0 atom stereocenters. The lowest BCUT2D eigenvalue weighted by Crippen LogP contribution is -1.97. The normalized spacial score (nSPS) is 11.2. The summed E-state index contributed by atoms with van der Waals surface area (Å²) in [5.41, 5.74) is 8.56. The van der Waals surface area contributed by atoms with E-state index in [0.717, 1.165) is 22.3 Å². The van der Waals surface area contributed by atoms with Crippen molar-refractivity contribution in [2.45, 2.75) is 0 Å². The summed E-state index contributed by atoms with van der Waals surface area (Å²) in [7, 11) is 1.64. The average Bonchev–Trinajstić information content (AvgIpc) is 2.81. The minimum absolute atomic E-state index is 0.371. The second-order valence-corrected chi connectivity index (χ2v) is 4.29. The Labute approximate surface area is 116 Å². The van der Waals surface area contributed by atoms with Gasteiger partial charge in [0.05, 0.1) is 24.4 Å². The molecule has 0 aliphatic rings. The standard InChI is InChI=1S/C15H14N4O/c1-20-12-8-6-11(7-9-12)10-17-19-14-5-3-2-4-13(14)18-15(19)16/h2-10H,1H3,(H2,16,18). The van der Waals surface area contributed by atoms with Crippen LogP contribution in [-0.2, 0) is 0 Å². The van der Waals surface area contributed by atoms with E-state index < -0.39 is 0 Å². The molecule has 2 N–H and O–H groups in total. The molecular formula is C15H14N4O. The van der Waals surface area contributed by atoms with E-state index in [2.05, 4.69) is 10.1 Å². The highest BCUT2D eigenvalue weighted by molar-refractivity contribution is 5.82. The molecule has 5 heteroatoms. The van der Waals surface area contributed by atoms with Crippen molar-refractivity contribution in [2.24, 2.45) is 5.10 Å². The van der Waals surface area contributed by atoms with Gasteiger partial charge in [-0.15, -0.1) is 0 Å². The summed E-state index contributed by atoms with van der Waals surface area (Å²) in [6.07, 6.45) is 1.74. The summed E-state index contributed by atoms with van der Waals surface area (Å²) >= 11 is 0. The zero-order chi connectivity index (χ0) is 13.9. The molecule has 0 fully saturated rings. The molecule has 1 aromatic heterocycles. The molecule has 0 radical (unpaired) electrons. The topological polar surface area (TPSA) is 65.4 Å². The highest BCUT2D eigenvalue weighted by Crippen LogP contribution is 2.17. The molecule has 3 rings (SSSR count). The van der Waals surface area contributed by atoms with Crippen LogP contribution in [0.1, 0.15) is 5.56 Å². The average molecular weight is 266 g/mol. The molecule has 0 bridgehead atoms. The first kappa shape index (κ1) is 12.2. The van der Waals surface area contributed by atoms with Crippen molar-refractivity contribution in [3.05, 3.63) is 54.1 Å². The van der Waals surface area contributed by atoms with E-state index in [1.807, 2.05) is 48.5 Å². The van der Waals surface area contributed by atoms with Crippen LogP contribution < -0.4 is 10.5 Å². The van der Waals surface area contributed by atoms with E-state index in [-0.39, 0.29) is 0 Å². The minimum Gasteiger partial charge on any atom is -0.497 e. The third-order valence-electron chi connectivity index (χ3n) is 3.00. The number of para-hydroxylation sites is 2. The summed E-state index contributed by atoms with van der Waals surface area (Å²) in [5.74, 6) is 1.19. The Morgan fingerprint density at radius 3 is 2.65 bits per heavy atom. The summed E-state index contributed by atoms with van der Waals surface area (Å²) in [5, 5.41) is 4.38. The van der Waals surface area contributed by atoms with E-state index in [9.17, 15) is 0 Å². The van der Waals surface area contributed by atoms with Crippen LogP contribution in [0.15, 0.2) is 53.6 Å². The van der Waals surface area contributed by atoms with Crippen molar-refractivity contribution in [1.82, 2.24) is 9.66 Å². The number of benzene rings is 2. The van der Waals surface area contributed by atoms with Gasteiger partial charge in [-0.25, -0.2) is 4.98 Å². The maximum absolute atomic E-state index is 5.88. The van der Waals surface area contributed by atoms with Crippen LogP contribution in [0.5, 0.6) is 5.75 Å². The maximum Gasteiger partial charge on any atom is 0.222 e. The smallest absolute Gasteiger partial charge is 0.222 e. The number of imidazole rings is 1. The number of anilines is 1. The number of ether oxygens (including phenoxy) is 1. The molecule has 5 nitrogen and oxygen atoms in total. The van der Waals surface area contributed by atoms with Gasteiger partial charge in [0.15, 0.2) is 0 Å². The molecule has 0 aliphatic heterocycles. The fourth-order valence-electron chi connectivity index (χ4n) is 1.97. The fourth-order valence-corrected chi connectivity index (χ4v) is 1.97. The highest BCUT2D eigenvalue weighted by Gasteiger charge is 2.05. The highest BCUT2D eigenvalue weighted by atomic mass is 16.5. The lowest BCUT2D eigenvalue weighted by Gasteiger charge is -2.00. The Morgan fingerprint density at radius 1 is 1.15 bits per heavy atom. The number of nitrogens with zero attached hydrogens (tertiary/aromatic N) is 3. The third kappa shape index (κ3) is 2.21. The molecule has 20 heavy (non-hydrogen) atoms. The number of rotatable bonds is 3. The number of aromatic nitrogens is 2. The van der Waals surface area contributed by atoms with Gasteiger partial charge in [0.2, 0.25) is 5.95 Å². The number of hydrogen-bond acceptors (Lipinski definition) is 4. The molecule has 3 aromatic rings. The molecule has 1 heterocycles. The number of nitrogen functional groups attached to an aromatic ring is 1. The van der Waals surface area contributed by atoms with Gasteiger partial charge >= 0.3 is 0 Å². The third-order valence-corrected chi connectivity index (χ3v) is 3.00. The van der Waals surface area contributed by atoms with Gasteiger partial charge in [-0.1, -0.05) is 12.1 Å². The van der Waals surface area contributed by atoms with Crippen LogP contribution in [0.25, 0.3) is 11.0 Å². The van der Waals surface area contributed by atoms with Crippen LogP contribution in [0.3, 0.4) is 0 Å². The fraction of sp³-hybridized carbons (Fsp3) is 0.0667. The van der Waals surface area contributed by atoms with E-state index in [0.29, 0.717) is 5.95 Å². The van der Waals surface area contributed by atoms with Crippen molar-refractivity contribution in [1.29, 1.82) is 0 Å². The first-order valence-corrected chi connectivity index (χ1v) is 6.19. The molecule has 100 valence electrons. The molecular weight excluding hydrogens is 252 g/mol. The zero-order valence-corrected chi connectivity index (χ0v) is 11.0. The monoisotopic (exact) mass is 266 g/mol. The number of nitrogens with two attached hydrogens (primary N) is 1. The first-order chi connectivity index (χ1) is 9.78.